The van der Waals surface area contributed by atoms with E-state index in [4.69, 9.17) is 9.30 Å². The molecule has 0 amide bonds. The second kappa shape index (κ2) is 8.65. The largest absolute Gasteiger partial charge is 0.458 e. The quantitative estimate of drug-likeness (QED) is 0.282. The summed E-state index contributed by atoms with van der Waals surface area (Å²) in [6.45, 7) is 1.43. The van der Waals surface area contributed by atoms with E-state index in [-0.39, 0.29) is 57.6 Å². The highest BCUT2D eigenvalue weighted by Gasteiger charge is 2.68. The molecule has 1 saturated carbocycles. The van der Waals surface area contributed by atoms with Gasteiger partial charge in [0.2, 0.25) is 11.7 Å². The highest BCUT2D eigenvalue weighted by atomic mass is 32.2. The molecule has 0 aromatic carbocycles. The Kier molecular flexibility index (Phi) is 6.02. The molecule has 1 aliphatic rings. The second-order valence-electron chi connectivity index (χ2n) is 9.17. The summed E-state index contributed by atoms with van der Waals surface area (Å²) in [5.74, 6) is -6.54. The maximum atomic E-state index is 13.9. The maximum Gasteiger partial charge on any atom is 0.458 e. The normalized spacial score (nSPS) is 17.2. The number of pyridine rings is 2. The van der Waals surface area contributed by atoms with E-state index in [1.165, 1.54) is 24.6 Å². The van der Waals surface area contributed by atoms with Gasteiger partial charge in [-0.2, -0.15) is 40.1 Å². The minimum Gasteiger partial charge on any atom is -0.338 e. The van der Waals surface area contributed by atoms with Crippen LogP contribution >= 0.6 is 0 Å². The van der Waals surface area contributed by atoms with Crippen LogP contribution in [0, 0.1) is 4.78 Å². The van der Waals surface area contributed by atoms with Gasteiger partial charge in [-0.1, -0.05) is 12.1 Å². The number of aromatic nitrogens is 6. The summed E-state index contributed by atoms with van der Waals surface area (Å²) < 4.78 is 134. The zero-order valence-corrected chi connectivity index (χ0v) is 21.2. The van der Waals surface area contributed by atoms with Gasteiger partial charge in [0.1, 0.15) is 16.6 Å². The van der Waals surface area contributed by atoms with E-state index in [2.05, 4.69) is 25.1 Å². The highest BCUT2D eigenvalue weighted by Crippen LogP contribution is 2.58. The molecule has 1 fully saturated rings. The van der Waals surface area contributed by atoms with Gasteiger partial charge in [0.05, 0.1) is 20.2 Å². The Bertz CT molecular complexity index is 1740. The van der Waals surface area contributed by atoms with E-state index in [0.717, 1.165) is 6.20 Å². The van der Waals surface area contributed by atoms with Crippen molar-refractivity contribution in [1.82, 2.24) is 29.7 Å². The lowest BCUT2D eigenvalue weighted by Crippen LogP contribution is -2.33. The number of nitrogens with one attached hydrogen (secondary N) is 1. The van der Waals surface area contributed by atoms with Crippen molar-refractivity contribution in [1.29, 1.82) is 4.78 Å². The molecular formula is C22H17F8N7O2S. The van der Waals surface area contributed by atoms with Crippen LogP contribution in [-0.4, -0.2) is 52.0 Å². The molecule has 214 valence electrons. The average molecular weight is 595 g/mol. The SMILES string of the molecule is CCS(=N)(=O)c1cc(-c2noc(C3(C(F)(F)F)CC3)n2)cnc1-c1nc2cc(C(F)(F)C(F)(F)F)cnc2n1C. The third kappa shape index (κ3) is 4.19. The Hall–Kier alpha value is -3.70. The predicted octanol–water partition coefficient (Wildman–Crippen LogP) is 5.75. The van der Waals surface area contributed by atoms with Crippen molar-refractivity contribution >= 4 is 20.9 Å². The summed E-state index contributed by atoms with van der Waals surface area (Å²) in [7, 11) is -2.26. The van der Waals surface area contributed by atoms with E-state index in [0.29, 0.717) is 12.3 Å². The van der Waals surface area contributed by atoms with Crippen molar-refractivity contribution in [2.24, 2.45) is 7.05 Å². The number of fused-ring (bicyclic) bond motifs is 1. The predicted molar refractivity (Wildman–Crippen MR) is 122 cm³/mol. The standard InChI is InChI=1S/C22H17F8N7O2S/c1-3-40(31,38)13-6-10(15-35-18(39-36-15)19(4-5-19)21(25,26)27)8-32-14(13)17-34-12-7-11(9-33-16(12)37(17)2)20(23,24)22(28,29)30/h6-9,31H,3-5H2,1-2H3. The number of rotatable bonds is 6. The van der Waals surface area contributed by atoms with Crippen LogP contribution in [0.2, 0.25) is 0 Å². The Balaban J connectivity index is 1.62. The Morgan fingerprint density at radius 2 is 1.73 bits per heavy atom. The molecule has 1 aliphatic carbocycles. The van der Waals surface area contributed by atoms with Crippen molar-refractivity contribution in [2.45, 2.75) is 48.4 Å². The molecule has 1 atom stereocenters. The zero-order valence-electron chi connectivity index (χ0n) is 20.4. The van der Waals surface area contributed by atoms with E-state index in [9.17, 15) is 39.3 Å². The molecule has 5 rings (SSSR count). The molecule has 9 nitrogen and oxygen atoms in total. The Morgan fingerprint density at radius 1 is 1.05 bits per heavy atom. The van der Waals surface area contributed by atoms with Gasteiger partial charge in [0, 0.05) is 30.8 Å². The molecule has 4 aromatic heterocycles. The van der Waals surface area contributed by atoms with Crippen LogP contribution in [0.25, 0.3) is 34.1 Å². The molecule has 0 aliphatic heterocycles. The number of hydrogen-bond acceptors (Lipinski definition) is 8. The fourth-order valence-corrected chi connectivity index (χ4v) is 5.13. The van der Waals surface area contributed by atoms with Crippen LogP contribution in [-0.2, 0) is 28.1 Å². The maximum absolute atomic E-state index is 13.9. The smallest absolute Gasteiger partial charge is 0.338 e. The van der Waals surface area contributed by atoms with Gasteiger partial charge < -0.3 is 9.09 Å². The highest BCUT2D eigenvalue weighted by molar-refractivity contribution is 7.92. The number of hydrogen-bond donors (Lipinski definition) is 1. The van der Waals surface area contributed by atoms with Gasteiger partial charge in [-0.25, -0.2) is 19.0 Å². The van der Waals surface area contributed by atoms with Crippen LogP contribution in [0.15, 0.2) is 33.9 Å². The molecule has 1 N–H and O–H groups in total. The first-order valence-electron chi connectivity index (χ1n) is 11.4. The van der Waals surface area contributed by atoms with Crippen LogP contribution in [0.1, 0.15) is 31.2 Å². The first-order valence-corrected chi connectivity index (χ1v) is 13.1. The molecule has 0 bridgehead atoms. The van der Waals surface area contributed by atoms with Crippen molar-refractivity contribution in [3.8, 4) is 22.9 Å². The first-order chi connectivity index (χ1) is 18.4. The van der Waals surface area contributed by atoms with Crippen molar-refractivity contribution in [2.75, 3.05) is 5.75 Å². The van der Waals surface area contributed by atoms with Crippen molar-refractivity contribution in [3.05, 3.63) is 36.0 Å². The van der Waals surface area contributed by atoms with E-state index < -0.39 is 44.9 Å². The van der Waals surface area contributed by atoms with Gasteiger partial charge in [-0.15, -0.1) is 0 Å². The molecule has 0 saturated heterocycles. The third-order valence-electron chi connectivity index (χ3n) is 6.64. The van der Waals surface area contributed by atoms with Crippen LogP contribution in [0.3, 0.4) is 0 Å². The fourth-order valence-electron chi connectivity index (χ4n) is 4.04. The molecular weight excluding hydrogens is 578 g/mol. The van der Waals surface area contributed by atoms with E-state index >= 15 is 0 Å². The summed E-state index contributed by atoms with van der Waals surface area (Å²) in [6, 6.07) is 1.68. The van der Waals surface area contributed by atoms with Crippen LogP contribution in [0.4, 0.5) is 35.1 Å². The summed E-state index contributed by atoms with van der Waals surface area (Å²) in [5.41, 5.74) is -4.36. The fraction of sp³-hybridized carbons (Fsp3) is 0.409. The van der Waals surface area contributed by atoms with Gasteiger partial charge in [-0.05, 0) is 25.0 Å². The summed E-state index contributed by atoms with van der Waals surface area (Å²) in [4.78, 5) is 15.5. The number of aryl methyl sites for hydroxylation is 1. The lowest BCUT2D eigenvalue weighted by molar-refractivity contribution is -0.289. The van der Waals surface area contributed by atoms with Crippen LogP contribution < -0.4 is 0 Å². The van der Waals surface area contributed by atoms with Gasteiger partial charge in [0.25, 0.3) is 0 Å². The summed E-state index contributed by atoms with van der Waals surface area (Å²) in [6.07, 6.45) is -9.49. The zero-order chi connectivity index (χ0) is 29.5. The third-order valence-corrected chi connectivity index (χ3v) is 8.47. The van der Waals surface area contributed by atoms with Crippen molar-refractivity contribution < 1.29 is 43.9 Å². The number of alkyl halides is 8. The lowest BCUT2D eigenvalue weighted by atomic mass is 10.1. The lowest BCUT2D eigenvalue weighted by Gasteiger charge is -2.19. The topological polar surface area (TPSA) is 123 Å². The van der Waals surface area contributed by atoms with Gasteiger partial charge >= 0.3 is 18.3 Å². The van der Waals surface area contributed by atoms with Gasteiger partial charge in [0.15, 0.2) is 11.5 Å². The number of nitrogens with zero attached hydrogens (tertiary/aromatic N) is 6. The number of halogens is 8. The molecule has 18 heteroatoms. The number of imidazole rings is 1. The van der Waals surface area contributed by atoms with Crippen molar-refractivity contribution in [3.63, 3.8) is 0 Å². The first kappa shape index (κ1) is 27.9. The second-order valence-corrected chi connectivity index (χ2v) is 11.5. The summed E-state index contributed by atoms with van der Waals surface area (Å²) >= 11 is 0. The molecule has 1 unspecified atom stereocenters. The minimum absolute atomic E-state index is 0.0239. The molecule has 4 heterocycles. The summed E-state index contributed by atoms with van der Waals surface area (Å²) in [5, 5.41) is 3.59. The Morgan fingerprint density at radius 3 is 2.30 bits per heavy atom. The van der Waals surface area contributed by atoms with E-state index in [1.54, 1.807) is 0 Å². The van der Waals surface area contributed by atoms with E-state index in [1.807, 2.05) is 0 Å². The Labute approximate surface area is 219 Å². The molecule has 40 heavy (non-hydrogen) atoms. The van der Waals surface area contributed by atoms with Crippen LogP contribution in [0.5, 0.6) is 0 Å². The minimum atomic E-state index is -5.88. The monoisotopic (exact) mass is 595 g/mol. The molecule has 4 aromatic rings. The molecule has 0 spiro atoms. The average Bonchev–Trinajstić information content (AvgIpc) is 3.45. The van der Waals surface area contributed by atoms with Gasteiger partial charge in [-0.3, -0.25) is 4.98 Å². The molecule has 0 radical (unpaired) electrons.